The van der Waals surface area contributed by atoms with Gasteiger partial charge in [0.25, 0.3) is 0 Å². The summed E-state index contributed by atoms with van der Waals surface area (Å²) in [6.45, 7) is 1.92. The summed E-state index contributed by atoms with van der Waals surface area (Å²) in [6.07, 6.45) is 6.72. The van der Waals surface area contributed by atoms with Crippen LogP contribution >= 0.6 is 0 Å². The molecule has 1 heterocycles. The zero-order chi connectivity index (χ0) is 15.7. The van der Waals surface area contributed by atoms with Crippen molar-refractivity contribution in [1.82, 2.24) is 9.97 Å². The first kappa shape index (κ1) is 19.0. The second kappa shape index (κ2) is 7.72. The van der Waals surface area contributed by atoms with E-state index in [9.17, 15) is 0 Å². The number of aryl methyl sites for hydroxylation is 1. The van der Waals surface area contributed by atoms with Crippen LogP contribution in [0.3, 0.4) is 0 Å². The van der Waals surface area contributed by atoms with Crippen LogP contribution in [0.1, 0.15) is 37.1 Å². The van der Waals surface area contributed by atoms with Gasteiger partial charge >= 0.3 is 6.01 Å². The van der Waals surface area contributed by atoms with Crippen molar-refractivity contribution in [3.05, 3.63) is 29.0 Å². The second-order valence-electron chi connectivity index (χ2n) is 6.34. The first-order valence-electron chi connectivity index (χ1n) is 7.55. The predicted octanol–water partition coefficient (Wildman–Crippen LogP) is 2.97. The van der Waals surface area contributed by atoms with Crippen molar-refractivity contribution in [3.8, 4) is 6.01 Å². The SMILES string of the molecule is C[N-]/C=C(\[S-])c1cc(C)nc(OC2CC3(CC(OC)C3)C2)n1.[Y]. The summed E-state index contributed by atoms with van der Waals surface area (Å²) >= 11 is 5.28. The minimum absolute atomic E-state index is 0. The van der Waals surface area contributed by atoms with E-state index < -0.39 is 0 Å². The molecule has 0 aliphatic heterocycles. The minimum Gasteiger partial charge on any atom is -0.779 e. The van der Waals surface area contributed by atoms with Gasteiger partial charge in [0, 0.05) is 51.2 Å². The summed E-state index contributed by atoms with van der Waals surface area (Å²) in [7, 11) is 3.48. The molecule has 123 valence electrons. The Morgan fingerprint density at radius 2 is 1.96 bits per heavy atom. The molecule has 0 aromatic carbocycles. The van der Waals surface area contributed by atoms with Crippen LogP contribution < -0.4 is 4.74 Å². The van der Waals surface area contributed by atoms with Gasteiger partial charge in [-0.1, -0.05) is 0 Å². The first-order chi connectivity index (χ1) is 10.5. The number of methoxy groups -OCH3 is 1. The molecule has 1 radical (unpaired) electrons. The van der Waals surface area contributed by atoms with Gasteiger partial charge in [0.15, 0.2) is 0 Å². The summed E-state index contributed by atoms with van der Waals surface area (Å²) < 4.78 is 11.3. The Bertz CT molecular complexity index is 583. The molecule has 0 bridgehead atoms. The fourth-order valence-electron chi connectivity index (χ4n) is 3.45. The molecule has 1 aromatic rings. The number of hydrogen-bond acceptors (Lipinski definition) is 5. The fraction of sp³-hybridized carbons (Fsp3) is 0.625. The topological polar surface area (TPSA) is 58.3 Å². The van der Waals surface area contributed by atoms with Crippen LogP contribution in [0.2, 0.25) is 0 Å². The number of nitrogens with zero attached hydrogens (tertiary/aromatic N) is 3. The van der Waals surface area contributed by atoms with Crippen molar-refractivity contribution in [1.29, 1.82) is 0 Å². The molecule has 0 atom stereocenters. The summed E-state index contributed by atoms with van der Waals surface area (Å²) in [5.74, 6) is 0. The Kier molecular flexibility index (Phi) is 6.39. The molecule has 0 unspecified atom stereocenters. The van der Waals surface area contributed by atoms with Crippen LogP contribution in [0, 0.1) is 12.3 Å². The molecule has 2 aliphatic carbocycles. The summed E-state index contributed by atoms with van der Waals surface area (Å²) in [4.78, 5) is 9.37. The molecule has 0 N–H and O–H groups in total. The van der Waals surface area contributed by atoms with Gasteiger partial charge in [-0.25, -0.2) is 4.98 Å². The van der Waals surface area contributed by atoms with Crippen LogP contribution in [-0.2, 0) is 50.1 Å². The Morgan fingerprint density at radius 1 is 1.30 bits per heavy atom. The van der Waals surface area contributed by atoms with Crippen molar-refractivity contribution in [2.24, 2.45) is 5.41 Å². The maximum absolute atomic E-state index is 5.93. The molecule has 3 rings (SSSR count). The molecule has 5 nitrogen and oxygen atoms in total. The van der Waals surface area contributed by atoms with Gasteiger partial charge in [-0.2, -0.15) is 16.1 Å². The third-order valence-electron chi connectivity index (χ3n) is 4.58. The summed E-state index contributed by atoms with van der Waals surface area (Å²) in [6, 6.07) is 2.28. The van der Waals surface area contributed by atoms with E-state index in [1.807, 2.05) is 13.0 Å². The number of hydrogen-bond donors (Lipinski definition) is 0. The normalized spacial score (nSPS) is 29.3. The quantitative estimate of drug-likeness (QED) is 0.702. The average molecular weight is 408 g/mol. The fourth-order valence-corrected chi connectivity index (χ4v) is 3.66. The Hall–Kier alpha value is -0.296. The average Bonchev–Trinajstić information content (AvgIpc) is 2.39. The largest absolute Gasteiger partial charge is 0.779 e. The molecule has 2 aliphatic rings. The monoisotopic (exact) mass is 408 g/mol. The van der Waals surface area contributed by atoms with Crippen molar-refractivity contribution >= 4 is 17.5 Å². The van der Waals surface area contributed by atoms with Gasteiger partial charge in [-0.3, -0.25) is 0 Å². The van der Waals surface area contributed by atoms with Crippen molar-refractivity contribution < 1.29 is 42.2 Å². The smallest absolute Gasteiger partial charge is 0.317 e. The van der Waals surface area contributed by atoms with Crippen LogP contribution in [-0.4, -0.2) is 36.3 Å². The first-order valence-corrected chi connectivity index (χ1v) is 7.96. The third kappa shape index (κ3) is 4.22. The Balaban J connectivity index is 0.00000192. The van der Waals surface area contributed by atoms with Crippen molar-refractivity contribution in [2.45, 2.75) is 44.8 Å². The molecular formula is C16H21N3O2SY-2. The van der Waals surface area contributed by atoms with Gasteiger partial charge in [-0.05, 0) is 44.1 Å². The molecule has 7 heteroatoms. The summed E-state index contributed by atoms with van der Waals surface area (Å²) in [5.41, 5.74) is 1.99. The van der Waals surface area contributed by atoms with Crippen LogP contribution in [0.5, 0.6) is 6.01 Å². The number of ether oxygens (including phenoxy) is 2. The maximum atomic E-state index is 5.93. The molecule has 2 fully saturated rings. The Morgan fingerprint density at radius 3 is 2.57 bits per heavy atom. The van der Waals surface area contributed by atoms with E-state index in [2.05, 4.69) is 15.3 Å². The predicted molar refractivity (Wildman–Crippen MR) is 87.5 cm³/mol. The molecule has 0 amide bonds. The molecular weight excluding hydrogens is 387 g/mol. The van der Waals surface area contributed by atoms with Gasteiger partial charge in [0.2, 0.25) is 0 Å². The van der Waals surface area contributed by atoms with E-state index in [-0.39, 0.29) is 38.8 Å². The zero-order valence-electron chi connectivity index (χ0n) is 13.8. The molecule has 1 spiro atoms. The van der Waals surface area contributed by atoms with Crippen LogP contribution in [0.25, 0.3) is 10.2 Å². The Labute approximate surface area is 168 Å². The van der Waals surface area contributed by atoms with Gasteiger partial charge in [-0.15, -0.1) is 7.05 Å². The van der Waals surface area contributed by atoms with Gasteiger partial charge < -0.3 is 27.4 Å². The minimum atomic E-state index is 0. The van der Waals surface area contributed by atoms with Gasteiger partial charge in [0.05, 0.1) is 6.10 Å². The molecule has 1 aromatic heterocycles. The van der Waals surface area contributed by atoms with Gasteiger partial charge in [0.1, 0.15) is 6.10 Å². The van der Waals surface area contributed by atoms with Crippen LogP contribution in [0.15, 0.2) is 12.3 Å². The van der Waals surface area contributed by atoms with E-state index in [1.54, 1.807) is 20.4 Å². The van der Waals surface area contributed by atoms with E-state index in [0.717, 1.165) is 31.4 Å². The molecule has 23 heavy (non-hydrogen) atoms. The van der Waals surface area contributed by atoms with E-state index in [4.69, 9.17) is 22.1 Å². The van der Waals surface area contributed by atoms with Crippen LogP contribution in [0.4, 0.5) is 0 Å². The van der Waals surface area contributed by atoms with Crippen molar-refractivity contribution in [3.63, 3.8) is 0 Å². The molecule has 2 saturated carbocycles. The van der Waals surface area contributed by atoms with Crippen molar-refractivity contribution in [2.75, 3.05) is 14.2 Å². The maximum Gasteiger partial charge on any atom is 0.317 e. The standard InChI is InChI=1S/C16H22N3O2S.Y/c1-10-4-13(14(22)9-17-2)19-15(18-10)21-12-7-16(8-12)5-11(6-16)20-3;/h4,9,11-12H,5-8H2,1-3H3,(H-,17,18,19,22);/q-1;/p-1. The summed E-state index contributed by atoms with van der Waals surface area (Å²) in [5, 5.41) is 3.93. The number of rotatable bonds is 5. The number of aromatic nitrogens is 2. The third-order valence-corrected chi connectivity index (χ3v) is 4.90. The van der Waals surface area contributed by atoms with E-state index >= 15 is 0 Å². The van der Waals surface area contributed by atoms with E-state index in [0.29, 0.717) is 28.1 Å². The molecule has 0 saturated heterocycles. The second-order valence-corrected chi connectivity index (χ2v) is 6.78. The van der Waals surface area contributed by atoms with E-state index in [1.165, 1.54) is 0 Å². The zero-order valence-corrected chi connectivity index (χ0v) is 17.4.